The van der Waals surface area contributed by atoms with Crippen molar-refractivity contribution >= 4 is 17.7 Å². The first kappa shape index (κ1) is 26.8. The van der Waals surface area contributed by atoms with Crippen LogP contribution in [0.1, 0.15) is 21.5 Å². The van der Waals surface area contributed by atoms with Crippen LogP contribution in [0.2, 0.25) is 0 Å². The number of aromatic hydroxyl groups is 1. The molecule has 0 radical (unpaired) electrons. The van der Waals surface area contributed by atoms with Crippen LogP contribution >= 0.6 is 0 Å². The van der Waals surface area contributed by atoms with Crippen molar-refractivity contribution in [1.82, 2.24) is 15.0 Å². The first-order chi connectivity index (χ1) is 19.1. The number of aldehydes is 1. The fraction of sp³-hybridized carbons (Fsp3) is 0.222. The highest BCUT2D eigenvalue weighted by molar-refractivity contribution is 5.79. The van der Waals surface area contributed by atoms with Crippen LogP contribution in [0.4, 0.5) is 24.5 Å². The number of hydrogen-bond donors (Lipinski definition) is 1. The summed E-state index contributed by atoms with van der Waals surface area (Å²) in [5.41, 5.74) is 0.293. The number of phenols is 1. The number of aromatic nitrogens is 2. The third kappa shape index (κ3) is 5.50. The van der Waals surface area contributed by atoms with Crippen molar-refractivity contribution in [2.75, 3.05) is 31.1 Å². The van der Waals surface area contributed by atoms with E-state index < -0.39 is 16.7 Å². The maximum Gasteiger partial charge on any atom is 0.417 e. The van der Waals surface area contributed by atoms with Gasteiger partial charge in [0.1, 0.15) is 11.4 Å². The summed E-state index contributed by atoms with van der Waals surface area (Å²) < 4.78 is 45.4. The van der Waals surface area contributed by atoms with Gasteiger partial charge in [-0.2, -0.15) is 18.2 Å². The first-order valence-electron chi connectivity index (χ1n) is 12.2. The maximum absolute atomic E-state index is 13.4. The van der Waals surface area contributed by atoms with E-state index in [0.717, 1.165) is 11.6 Å². The molecule has 2 heterocycles. The summed E-state index contributed by atoms with van der Waals surface area (Å²) >= 11 is 0. The lowest BCUT2D eigenvalue weighted by Gasteiger charge is -2.35. The van der Waals surface area contributed by atoms with Gasteiger partial charge in [-0.15, -0.1) is 0 Å². The Kier molecular flexibility index (Phi) is 7.22. The van der Waals surface area contributed by atoms with Crippen molar-refractivity contribution < 1.29 is 32.5 Å². The Hall–Kier alpha value is -4.78. The molecule has 206 valence electrons. The van der Waals surface area contributed by atoms with E-state index in [9.17, 15) is 33.2 Å². The summed E-state index contributed by atoms with van der Waals surface area (Å²) in [6.07, 6.45) is -4.03. The number of carbonyl (C=O) groups is 1. The van der Waals surface area contributed by atoms with Gasteiger partial charge in [0.2, 0.25) is 5.82 Å². The smallest absolute Gasteiger partial charge is 0.417 e. The Morgan fingerprint density at radius 3 is 2.50 bits per heavy atom. The van der Waals surface area contributed by atoms with Gasteiger partial charge < -0.3 is 14.5 Å². The van der Waals surface area contributed by atoms with Crippen molar-refractivity contribution in [1.29, 1.82) is 0 Å². The second kappa shape index (κ2) is 10.8. The molecule has 1 N–H and O–H groups in total. The molecule has 1 saturated heterocycles. The van der Waals surface area contributed by atoms with E-state index >= 15 is 0 Å². The number of nitrogens with zero attached hydrogens (tertiary/aromatic N) is 5. The quantitative estimate of drug-likeness (QED) is 0.187. The van der Waals surface area contributed by atoms with Crippen LogP contribution in [0.3, 0.4) is 0 Å². The number of piperazine rings is 1. The average molecular weight is 553 g/mol. The molecule has 0 aliphatic carbocycles. The van der Waals surface area contributed by atoms with Crippen LogP contribution in [-0.4, -0.2) is 57.5 Å². The standard InChI is InChI=1S/C27H22F3N5O5/c28-27(29,30)21-4-2-1-3-20(21)25-31-26(40-32-25)18-6-7-22(23(14-18)35(38)39)34-11-9-33(10-12-34)15-17-5-8-24(37)19(13-17)16-36/h1-8,13-14,16,37H,9-12,15H2. The summed E-state index contributed by atoms with van der Waals surface area (Å²) in [6.45, 7) is 2.74. The summed E-state index contributed by atoms with van der Waals surface area (Å²) in [4.78, 5) is 30.6. The number of benzene rings is 3. The fourth-order valence-electron chi connectivity index (χ4n) is 4.65. The number of carbonyl (C=O) groups excluding carboxylic acids is 1. The maximum atomic E-state index is 13.4. The Labute approximate surface area is 225 Å². The Morgan fingerprint density at radius 2 is 1.80 bits per heavy atom. The van der Waals surface area contributed by atoms with Gasteiger partial charge in [-0.1, -0.05) is 29.4 Å². The molecule has 0 spiro atoms. The SMILES string of the molecule is O=Cc1cc(CN2CCN(c3ccc(-c4nc(-c5ccccc5C(F)(F)F)no4)cc3[N+](=O)[O-])CC2)ccc1O. The fourth-order valence-corrected chi connectivity index (χ4v) is 4.65. The molecule has 0 unspecified atom stereocenters. The van der Waals surface area contributed by atoms with Crippen LogP contribution in [-0.2, 0) is 12.7 Å². The van der Waals surface area contributed by atoms with Gasteiger partial charge in [0.15, 0.2) is 6.29 Å². The van der Waals surface area contributed by atoms with Crippen molar-refractivity contribution in [2.24, 2.45) is 0 Å². The zero-order valence-electron chi connectivity index (χ0n) is 20.8. The minimum Gasteiger partial charge on any atom is -0.507 e. The van der Waals surface area contributed by atoms with Gasteiger partial charge in [-0.05, 0) is 35.9 Å². The van der Waals surface area contributed by atoms with Gasteiger partial charge in [-0.25, -0.2) is 0 Å². The Morgan fingerprint density at radius 1 is 1.05 bits per heavy atom. The highest BCUT2D eigenvalue weighted by atomic mass is 19.4. The molecule has 0 atom stereocenters. The Bertz CT molecular complexity index is 1560. The molecule has 0 bridgehead atoms. The molecular weight excluding hydrogens is 531 g/mol. The molecule has 0 amide bonds. The normalized spacial score (nSPS) is 14.3. The van der Waals surface area contributed by atoms with Crippen LogP contribution in [0.5, 0.6) is 5.75 Å². The van der Waals surface area contributed by atoms with E-state index in [1.807, 2.05) is 4.90 Å². The zero-order valence-corrected chi connectivity index (χ0v) is 20.8. The third-order valence-corrected chi connectivity index (χ3v) is 6.66. The van der Waals surface area contributed by atoms with Crippen molar-refractivity contribution in [3.05, 3.63) is 87.5 Å². The molecule has 1 aromatic heterocycles. The largest absolute Gasteiger partial charge is 0.507 e. The number of hydrogen-bond acceptors (Lipinski definition) is 9. The molecule has 40 heavy (non-hydrogen) atoms. The molecule has 0 saturated carbocycles. The van der Waals surface area contributed by atoms with Gasteiger partial charge in [0.05, 0.1) is 16.1 Å². The predicted octanol–water partition coefficient (Wildman–Crippen LogP) is 5.17. The second-order valence-corrected chi connectivity index (χ2v) is 9.20. The van der Waals surface area contributed by atoms with E-state index in [0.29, 0.717) is 44.7 Å². The molecule has 13 heteroatoms. The van der Waals surface area contributed by atoms with E-state index in [2.05, 4.69) is 15.0 Å². The number of phenolic OH excluding ortho intramolecular Hbond substituents is 1. The molecule has 3 aromatic carbocycles. The lowest BCUT2D eigenvalue weighted by atomic mass is 10.1. The van der Waals surface area contributed by atoms with E-state index in [-0.39, 0.29) is 39.8 Å². The lowest BCUT2D eigenvalue weighted by Crippen LogP contribution is -2.46. The van der Waals surface area contributed by atoms with Crippen molar-refractivity contribution in [3.8, 4) is 28.6 Å². The monoisotopic (exact) mass is 553 g/mol. The summed E-state index contributed by atoms with van der Waals surface area (Å²) in [5, 5.41) is 25.3. The Balaban J connectivity index is 1.33. The molecule has 1 aliphatic heterocycles. The van der Waals surface area contributed by atoms with Crippen LogP contribution in [0, 0.1) is 10.1 Å². The van der Waals surface area contributed by atoms with E-state index in [4.69, 9.17) is 4.52 Å². The predicted molar refractivity (Wildman–Crippen MR) is 138 cm³/mol. The number of rotatable bonds is 7. The number of alkyl halides is 3. The van der Waals surface area contributed by atoms with Gasteiger partial charge in [0, 0.05) is 49.9 Å². The molecule has 1 aliphatic rings. The van der Waals surface area contributed by atoms with Gasteiger partial charge in [-0.3, -0.25) is 19.8 Å². The number of halogens is 3. The average Bonchev–Trinajstić information content (AvgIpc) is 3.44. The third-order valence-electron chi connectivity index (χ3n) is 6.66. The number of nitro benzene ring substituents is 1. The van der Waals surface area contributed by atoms with Gasteiger partial charge >= 0.3 is 6.18 Å². The lowest BCUT2D eigenvalue weighted by molar-refractivity contribution is -0.384. The second-order valence-electron chi connectivity index (χ2n) is 9.20. The number of nitro groups is 1. The minimum absolute atomic E-state index is 0.0813. The van der Waals surface area contributed by atoms with Crippen LogP contribution in [0.15, 0.2) is 65.2 Å². The van der Waals surface area contributed by atoms with Gasteiger partial charge in [0.25, 0.3) is 11.6 Å². The van der Waals surface area contributed by atoms with E-state index in [1.54, 1.807) is 24.3 Å². The minimum atomic E-state index is -4.62. The number of anilines is 1. The van der Waals surface area contributed by atoms with Crippen molar-refractivity contribution in [3.63, 3.8) is 0 Å². The van der Waals surface area contributed by atoms with Crippen LogP contribution < -0.4 is 4.90 Å². The van der Waals surface area contributed by atoms with E-state index in [1.165, 1.54) is 30.3 Å². The topological polar surface area (TPSA) is 126 Å². The highest BCUT2D eigenvalue weighted by Gasteiger charge is 2.34. The molecule has 10 nitrogen and oxygen atoms in total. The summed E-state index contributed by atoms with van der Waals surface area (Å²) in [6, 6.07) is 14.0. The molecule has 5 rings (SSSR count). The molecular formula is C27H22F3N5O5. The summed E-state index contributed by atoms with van der Waals surface area (Å²) in [7, 11) is 0. The summed E-state index contributed by atoms with van der Waals surface area (Å²) in [5.74, 6) is -0.503. The zero-order chi connectivity index (χ0) is 28.4. The molecule has 4 aromatic rings. The molecule has 1 fully saturated rings. The highest BCUT2D eigenvalue weighted by Crippen LogP contribution is 2.38. The van der Waals surface area contributed by atoms with Crippen LogP contribution in [0.25, 0.3) is 22.8 Å². The first-order valence-corrected chi connectivity index (χ1v) is 12.2. The van der Waals surface area contributed by atoms with Crippen molar-refractivity contribution in [2.45, 2.75) is 12.7 Å².